The number of aliphatic hydroxyl groups is 1. The minimum Gasteiger partial charge on any atom is -0.488 e. The molecule has 22 heavy (non-hydrogen) atoms. The molecule has 1 aromatic heterocycles. The predicted molar refractivity (Wildman–Crippen MR) is 78.9 cm³/mol. The van der Waals surface area contributed by atoms with Gasteiger partial charge in [0.1, 0.15) is 18.0 Å². The SMILES string of the molecule is O=C(c1ccno1)N1CC[C@@H](Oc2ccc(Cl)cc2)[C@H](O)C1. The predicted octanol–water partition coefficient (Wildman–Crippen LogP) is 1.98. The molecule has 0 bridgehead atoms. The van der Waals surface area contributed by atoms with Crippen LogP contribution in [0.5, 0.6) is 5.75 Å². The van der Waals surface area contributed by atoms with Gasteiger partial charge in [0.2, 0.25) is 5.76 Å². The zero-order chi connectivity index (χ0) is 15.5. The molecule has 0 aliphatic carbocycles. The van der Waals surface area contributed by atoms with Crippen molar-refractivity contribution in [3.63, 3.8) is 0 Å². The fourth-order valence-electron chi connectivity index (χ4n) is 2.40. The molecule has 2 heterocycles. The molecule has 1 aromatic carbocycles. The number of likely N-dealkylation sites (tertiary alicyclic amines) is 1. The maximum absolute atomic E-state index is 12.1. The number of hydrogen-bond donors (Lipinski definition) is 1. The molecule has 6 nitrogen and oxygen atoms in total. The molecule has 0 spiro atoms. The number of carbonyl (C=O) groups is 1. The molecule has 2 aromatic rings. The topological polar surface area (TPSA) is 75.8 Å². The highest BCUT2D eigenvalue weighted by atomic mass is 35.5. The molecule has 1 aliphatic rings. The van der Waals surface area contributed by atoms with Crippen LogP contribution >= 0.6 is 11.6 Å². The summed E-state index contributed by atoms with van der Waals surface area (Å²) < 4.78 is 10.6. The Morgan fingerprint density at radius 3 is 2.77 bits per heavy atom. The van der Waals surface area contributed by atoms with Crippen LogP contribution in [0.2, 0.25) is 5.02 Å². The molecule has 0 radical (unpaired) electrons. The highest BCUT2D eigenvalue weighted by Crippen LogP contribution is 2.22. The summed E-state index contributed by atoms with van der Waals surface area (Å²) >= 11 is 5.82. The van der Waals surface area contributed by atoms with Crippen LogP contribution in [0.1, 0.15) is 17.0 Å². The van der Waals surface area contributed by atoms with Crippen molar-refractivity contribution in [1.82, 2.24) is 10.1 Å². The highest BCUT2D eigenvalue weighted by molar-refractivity contribution is 6.30. The van der Waals surface area contributed by atoms with Crippen LogP contribution in [0.25, 0.3) is 0 Å². The number of aromatic nitrogens is 1. The smallest absolute Gasteiger partial charge is 0.292 e. The van der Waals surface area contributed by atoms with E-state index < -0.39 is 6.10 Å². The van der Waals surface area contributed by atoms with Crippen molar-refractivity contribution in [3.05, 3.63) is 47.3 Å². The number of benzene rings is 1. The van der Waals surface area contributed by atoms with Gasteiger partial charge in [0.15, 0.2) is 0 Å². The van der Waals surface area contributed by atoms with Gasteiger partial charge in [0, 0.05) is 24.1 Å². The lowest BCUT2D eigenvalue weighted by atomic mass is 10.0. The minimum absolute atomic E-state index is 0.171. The fraction of sp³-hybridized carbons (Fsp3) is 0.333. The Kier molecular flexibility index (Phi) is 4.31. The van der Waals surface area contributed by atoms with Gasteiger partial charge in [0.25, 0.3) is 5.91 Å². The fourth-order valence-corrected chi connectivity index (χ4v) is 2.53. The first kappa shape index (κ1) is 14.9. The van der Waals surface area contributed by atoms with Crippen molar-refractivity contribution >= 4 is 17.5 Å². The van der Waals surface area contributed by atoms with Gasteiger partial charge in [-0.05, 0) is 24.3 Å². The van der Waals surface area contributed by atoms with Crippen LogP contribution in [0.15, 0.2) is 41.1 Å². The van der Waals surface area contributed by atoms with Crippen molar-refractivity contribution < 1.29 is 19.2 Å². The van der Waals surface area contributed by atoms with Gasteiger partial charge in [-0.1, -0.05) is 16.8 Å². The van der Waals surface area contributed by atoms with Crippen molar-refractivity contribution in [2.24, 2.45) is 0 Å². The third-order valence-electron chi connectivity index (χ3n) is 3.56. The zero-order valence-corrected chi connectivity index (χ0v) is 12.4. The summed E-state index contributed by atoms with van der Waals surface area (Å²) in [5, 5.41) is 14.4. The van der Waals surface area contributed by atoms with E-state index in [-0.39, 0.29) is 24.3 Å². The van der Waals surface area contributed by atoms with Crippen molar-refractivity contribution in [3.8, 4) is 5.75 Å². The number of hydrogen-bond acceptors (Lipinski definition) is 5. The van der Waals surface area contributed by atoms with Crippen LogP contribution in [0.3, 0.4) is 0 Å². The number of piperidine rings is 1. The number of ether oxygens (including phenoxy) is 1. The molecule has 7 heteroatoms. The highest BCUT2D eigenvalue weighted by Gasteiger charge is 2.33. The molecule has 1 aliphatic heterocycles. The Bertz CT molecular complexity index is 630. The van der Waals surface area contributed by atoms with Gasteiger partial charge in [-0.3, -0.25) is 4.79 Å². The van der Waals surface area contributed by atoms with Gasteiger partial charge in [-0.25, -0.2) is 0 Å². The van der Waals surface area contributed by atoms with Crippen LogP contribution in [-0.4, -0.2) is 46.4 Å². The van der Waals surface area contributed by atoms with Crippen LogP contribution < -0.4 is 4.74 Å². The summed E-state index contributed by atoms with van der Waals surface area (Å²) in [7, 11) is 0. The number of carbonyl (C=O) groups excluding carboxylic acids is 1. The second kappa shape index (κ2) is 6.37. The first-order valence-electron chi connectivity index (χ1n) is 6.94. The number of aliphatic hydroxyl groups excluding tert-OH is 1. The van der Waals surface area contributed by atoms with E-state index in [0.717, 1.165) is 0 Å². The standard InChI is InChI=1S/C15H15ClN2O4/c16-10-1-3-11(4-2-10)21-13-6-8-18(9-12(13)19)15(20)14-5-7-17-22-14/h1-5,7,12-13,19H,6,8-9H2/t12-,13-/m1/s1. The Morgan fingerprint density at radius 2 is 2.14 bits per heavy atom. The molecular formula is C15H15ClN2O4. The third kappa shape index (κ3) is 3.23. The molecule has 3 rings (SSSR count). The number of halogens is 1. The van der Waals surface area contributed by atoms with E-state index in [4.69, 9.17) is 20.9 Å². The van der Waals surface area contributed by atoms with Gasteiger partial charge in [-0.15, -0.1) is 0 Å². The second-order valence-electron chi connectivity index (χ2n) is 5.09. The quantitative estimate of drug-likeness (QED) is 0.935. The molecule has 1 N–H and O–H groups in total. The molecule has 116 valence electrons. The molecule has 0 unspecified atom stereocenters. The molecule has 1 amide bonds. The number of amides is 1. The molecular weight excluding hydrogens is 308 g/mol. The number of β-amino-alcohol motifs (C(OH)–C–C–N with tert-alkyl or cyclic N) is 1. The second-order valence-corrected chi connectivity index (χ2v) is 5.53. The molecule has 0 saturated carbocycles. The van der Waals surface area contributed by atoms with Crippen molar-refractivity contribution in [1.29, 1.82) is 0 Å². The lowest BCUT2D eigenvalue weighted by Gasteiger charge is -2.35. The Morgan fingerprint density at radius 1 is 1.36 bits per heavy atom. The summed E-state index contributed by atoms with van der Waals surface area (Å²) in [5.74, 6) is 0.536. The van der Waals surface area contributed by atoms with E-state index in [1.165, 1.54) is 17.2 Å². The van der Waals surface area contributed by atoms with Gasteiger partial charge >= 0.3 is 0 Å². The summed E-state index contributed by atoms with van der Waals surface area (Å²) in [6, 6.07) is 8.46. The van der Waals surface area contributed by atoms with Crippen molar-refractivity contribution in [2.75, 3.05) is 13.1 Å². The zero-order valence-electron chi connectivity index (χ0n) is 11.7. The van der Waals surface area contributed by atoms with Crippen LogP contribution in [-0.2, 0) is 0 Å². The van der Waals surface area contributed by atoms with Crippen molar-refractivity contribution in [2.45, 2.75) is 18.6 Å². The summed E-state index contributed by atoms with van der Waals surface area (Å²) in [4.78, 5) is 13.7. The van der Waals surface area contributed by atoms with E-state index in [1.54, 1.807) is 24.3 Å². The van der Waals surface area contributed by atoms with E-state index >= 15 is 0 Å². The average molecular weight is 323 g/mol. The summed E-state index contributed by atoms with van der Waals surface area (Å²) in [6.07, 6.45) is 0.820. The normalized spacial score (nSPS) is 21.6. The number of nitrogens with zero attached hydrogens (tertiary/aromatic N) is 2. The number of rotatable bonds is 3. The first-order valence-corrected chi connectivity index (χ1v) is 7.31. The average Bonchev–Trinajstić information content (AvgIpc) is 3.05. The van der Waals surface area contributed by atoms with Gasteiger partial charge < -0.3 is 19.3 Å². The monoisotopic (exact) mass is 322 g/mol. The maximum Gasteiger partial charge on any atom is 0.292 e. The maximum atomic E-state index is 12.1. The third-order valence-corrected chi connectivity index (χ3v) is 3.81. The largest absolute Gasteiger partial charge is 0.488 e. The summed E-state index contributed by atoms with van der Waals surface area (Å²) in [6.45, 7) is 0.673. The van der Waals surface area contributed by atoms with Gasteiger partial charge in [0.05, 0.1) is 12.7 Å². The summed E-state index contributed by atoms with van der Waals surface area (Å²) in [5.41, 5.74) is 0. The van der Waals surface area contributed by atoms with E-state index in [1.807, 2.05) is 0 Å². The van der Waals surface area contributed by atoms with E-state index in [0.29, 0.717) is 23.7 Å². The lowest BCUT2D eigenvalue weighted by molar-refractivity contribution is -0.0208. The first-order chi connectivity index (χ1) is 10.6. The molecule has 2 atom stereocenters. The molecule has 1 fully saturated rings. The van der Waals surface area contributed by atoms with E-state index in [9.17, 15) is 9.90 Å². The Hall–Kier alpha value is -2.05. The van der Waals surface area contributed by atoms with Gasteiger partial charge in [-0.2, -0.15) is 0 Å². The van der Waals surface area contributed by atoms with Crippen LogP contribution in [0, 0.1) is 0 Å². The Labute approximate surface area is 132 Å². The molecule has 1 saturated heterocycles. The van der Waals surface area contributed by atoms with E-state index in [2.05, 4.69) is 5.16 Å². The Balaban J connectivity index is 1.60. The van der Waals surface area contributed by atoms with Crippen LogP contribution in [0.4, 0.5) is 0 Å². The lowest BCUT2D eigenvalue weighted by Crippen LogP contribution is -2.50. The minimum atomic E-state index is -0.767.